The maximum atomic E-state index is 12.9. The van der Waals surface area contributed by atoms with Crippen molar-refractivity contribution in [2.75, 3.05) is 54.1 Å². The number of halogens is 1. The first-order valence-corrected chi connectivity index (χ1v) is 11.4. The number of rotatable bonds is 13. The molecule has 2 rings (SSSR count). The fourth-order valence-corrected chi connectivity index (χ4v) is 3.32. The molecular weight excluding hydrogens is 495 g/mol. The van der Waals surface area contributed by atoms with Crippen molar-refractivity contribution >= 4 is 23.4 Å². The van der Waals surface area contributed by atoms with Crippen molar-refractivity contribution in [2.24, 2.45) is 0 Å². The topological polar surface area (TPSA) is 131 Å². The van der Waals surface area contributed by atoms with E-state index in [1.165, 1.54) is 46.3 Å². The van der Waals surface area contributed by atoms with E-state index in [0.717, 1.165) is 0 Å². The Labute approximate surface area is 212 Å². The van der Waals surface area contributed by atoms with Gasteiger partial charge < -0.3 is 19.1 Å². The summed E-state index contributed by atoms with van der Waals surface area (Å²) in [5.74, 6) is -0.350. The first-order chi connectivity index (χ1) is 17.3. The van der Waals surface area contributed by atoms with Crippen LogP contribution in [0.5, 0.6) is 11.6 Å². The second-order valence-electron chi connectivity index (χ2n) is 6.80. The average Bonchev–Trinajstić information content (AvgIpc) is 2.89. The van der Waals surface area contributed by atoms with E-state index in [2.05, 4.69) is 27.3 Å². The summed E-state index contributed by atoms with van der Waals surface area (Å²) in [5, 5.41) is 8.72. The molecule has 1 aromatic carbocycles. The van der Waals surface area contributed by atoms with Crippen molar-refractivity contribution in [3.63, 3.8) is 0 Å². The Balaban J connectivity index is 0.00000117. The average molecular weight is 527 g/mol. The Kier molecular flexibility index (Phi) is 18.0. The molecule has 0 saturated carbocycles. The van der Waals surface area contributed by atoms with Gasteiger partial charge in [-0.15, -0.1) is 12.8 Å². The molecule has 0 spiro atoms. The molecule has 0 fully saturated rings. The molecule has 0 saturated heterocycles. The lowest BCUT2D eigenvalue weighted by Gasteiger charge is -2.21. The van der Waals surface area contributed by atoms with E-state index in [4.69, 9.17) is 9.94 Å². The van der Waals surface area contributed by atoms with Crippen molar-refractivity contribution in [2.45, 2.75) is 4.90 Å². The van der Waals surface area contributed by atoms with Gasteiger partial charge in [-0.3, -0.25) is 14.8 Å². The fraction of sp³-hybridized carbons (Fsp3) is 0.348. The third-order valence-electron chi connectivity index (χ3n) is 3.90. The van der Waals surface area contributed by atoms with E-state index < -0.39 is 16.9 Å². The Morgan fingerprint density at radius 1 is 1.17 bits per heavy atom. The van der Waals surface area contributed by atoms with E-state index in [1.807, 2.05) is 19.0 Å². The van der Waals surface area contributed by atoms with Gasteiger partial charge in [0.05, 0.1) is 18.0 Å². The number of amides is 1. The zero-order valence-corrected chi connectivity index (χ0v) is 21.2. The smallest absolute Gasteiger partial charge is 0.293 e. The number of carbonyl (C=O) groups excluding carboxylic acids is 2. The monoisotopic (exact) mass is 526 g/mol. The van der Waals surface area contributed by atoms with Gasteiger partial charge in [0.2, 0.25) is 5.88 Å². The summed E-state index contributed by atoms with van der Waals surface area (Å²) in [6.45, 7) is 1.91. The SMILES string of the molecule is C#C.CN(C)CCN(CC(=O)NO)S(=O)c1ccc(Oc2ccc(F)cc2)nc1.COCCOC=O. The van der Waals surface area contributed by atoms with Crippen LogP contribution in [0.1, 0.15) is 0 Å². The minimum Gasteiger partial charge on any atom is -0.465 e. The number of aromatic nitrogens is 1. The zero-order chi connectivity index (χ0) is 27.3. The molecule has 0 bridgehead atoms. The van der Waals surface area contributed by atoms with Gasteiger partial charge in [-0.05, 0) is 44.4 Å². The number of methoxy groups -OCH3 is 1. The summed E-state index contributed by atoms with van der Waals surface area (Å²) < 4.78 is 41.4. The van der Waals surface area contributed by atoms with Gasteiger partial charge in [-0.2, -0.15) is 0 Å². The minimum absolute atomic E-state index is 0.231. The highest BCUT2D eigenvalue weighted by molar-refractivity contribution is 7.82. The highest BCUT2D eigenvalue weighted by atomic mass is 32.2. The lowest BCUT2D eigenvalue weighted by molar-refractivity contribution is -0.130. The Morgan fingerprint density at radius 3 is 2.33 bits per heavy atom. The number of nitrogens with zero attached hydrogens (tertiary/aromatic N) is 3. The van der Waals surface area contributed by atoms with Crippen LogP contribution in [-0.4, -0.2) is 90.0 Å². The zero-order valence-electron chi connectivity index (χ0n) is 20.3. The molecule has 11 nitrogen and oxygen atoms in total. The van der Waals surface area contributed by atoms with E-state index in [9.17, 15) is 18.2 Å². The van der Waals surface area contributed by atoms with Gasteiger partial charge in [-0.25, -0.2) is 23.4 Å². The van der Waals surface area contributed by atoms with E-state index in [1.54, 1.807) is 13.2 Å². The third-order valence-corrected chi connectivity index (χ3v) is 5.32. The van der Waals surface area contributed by atoms with Gasteiger partial charge >= 0.3 is 0 Å². The van der Waals surface area contributed by atoms with Gasteiger partial charge in [-0.1, -0.05) is 0 Å². The summed E-state index contributed by atoms with van der Waals surface area (Å²) in [7, 11) is 3.61. The minimum atomic E-state index is -1.65. The largest absolute Gasteiger partial charge is 0.465 e. The Bertz CT molecular complexity index is 928. The third kappa shape index (κ3) is 14.1. The molecule has 36 heavy (non-hydrogen) atoms. The molecule has 0 aliphatic carbocycles. The van der Waals surface area contributed by atoms with Crippen LogP contribution < -0.4 is 10.2 Å². The molecule has 13 heteroatoms. The predicted molar refractivity (Wildman–Crippen MR) is 131 cm³/mol. The number of benzene rings is 1. The van der Waals surface area contributed by atoms with Gasteiger partial charge in [0.15, 0.2) is 0 Å². The van der Waals surface area contributed by atoms with Crippen molar-refractivity contribution < 1.29 is 37.6 Å². The van der Waals surface area contributed by atoms with E-state index in [-0.39, 0.29) is 18.2 Å². The number of hydrogen-bond acceptors (Lipinski definition) is 9. The van der Waals surface area contributed by atoms with Crippen LogP contribution in [0.3, 0.4) is 0 Å². The van der Waals surface area contributed by atoms with Crippen molar-refractivity contribution in [1.29, 1.82) is 0 Å². The number of pyridine rings is 1. The molecule has 1 aromatic heterocycles. The Morgan fingerprint density at radius 2 is 1.83 bits per heavy atom. The first kappa shape index (κ1) is 32.6. The summed E-state index contributed by atoms with van der Waals surface area (Å²) in [5.41, 5.74) is 1.54. The summed E-state index contributed by atoms with van der Waals surface area (Å²) in [6, 6.07) is 8.59. The highest BCUT2D eigenvalue weighted by Crippen LogP contribution is 2.21. The molecule has 1 amide bonds. The number of hydrogen-bond donors (Lipinski definition) is 2. The lowest BCUT2D eigenvalue weighted by atomic mass is 10.3. The maximum absolute atomic E-state index is 12.9. The maximum Gasteiger partial charge on any atom is 0.293 e. The molecule has 1 atom stereocenters. The van der Waals surface area contributed by atoms with Crippen LogP contribution in [0.25, 0.3) is 0 Å². The van der Waals surface area contributed by atoms with Crippen molar-refractivity contribution in [1.82, 2.24) is 19.7 Å². The molecule has 2 N–H and O–H groups in total. The molecule has 0 aliphatic heterocycles. The van der Waals surface area contributed by atoms with Crippen molar-refractivity contribution in [3.8, 4) is 24.5 Å². The van der Waals surface area contributed by atoms with Gasteiger partial charge in [0.1, 0.15) is 29.2 Å². The van der Waals surface area contributed by atoms with Gasteiger partial charge in [0, 0.05) is 32.5 Å². The van der Waals surface area contributed by atoms with Crippen LogP contribution in [0.4, 0.5) is 4.39 Å². The van der Waals surface area contributed by atoms with Crippen LogP contribution in [-0.2, 0) is 30.0 Å². The van der Waals surface area contributed by atoms with Crippen LogP contribution >= 0.6 is 0 Å². The van der Waals surface area contributed by atoms with Crippen LogP contribution in [0.15, 0.2) is 47.5 Å². The molecule has 1 unspecified atom stereocenters. The molecule has 2 aromatic rings. The summed E-state index contributed by atoms with van der Waals surface area (Å²) in [4.78, 5) is 27.2. The molecule has 0 aliphatic rings. The summed E-state index contributed by atoms with van der Waals surface area (Å²) >= 11 is 0. The van der Waals surface area contributed by atoms with E-state index in [0.29, 0.717) is 43.4 Å². The molecule has 0 radical (unpaired) electrons. The second kappa shape index (κ2) is 19.8. The number of terminal acetylenes is 1. The number of carbonyl (C=O) groups is 2. The molecule has 198 valence electrons. The summed E-state index contributed by atoms with van der Waals surface area (Å²) in [6.07, 6.45) is 9.38. The normalized spacial score (nSPS) is 10.8. The first-order valence-electron chi connectivity index (χ1n) is 10.3. The van der Waals surface area contributed by atoms with Crippen LogP contribution in [0.2, 0.25) is 0 Å². The second-order valence-corrected chi connectivity index (χ2v) is 8.28. The number of ether oxygens (including phenoxy) is 3. The van der Waals surface area contributed by atoms with E-state index >= 15 is 0 Å². The quantitative estimate of drug-likeness (QED) is 0.131. The standard InChI is InChI=1S/C17H21FN4O4S.C4H8O3.C2H2/c1-21(2)9-10-22(12-16(23)20-24)27(25)15-7-8-17(19-11-15)26-14-5-3-13(18)4-6-14;1-6-2-3-7-4-5;1-2/h3-8,11,24H,9-10,12H2,1-2H3,(H,20,23);4H,2-3H2,1H3;1-2H. The van der Waals surface area contributed by atoms with Gasteiger partial charge in [0.25, 0.3) is 12.4 Å². The lowest BCUT2D eigenvalue weighted by Crippen LogP contribution is -2.40. The highest BCUT2D eigenvalue weighted by Gasteiger charge is 2.19. The molecule has 1 heterocycles. The Hall–Kier alpha value is -3.41. The van der Waals surface area contributed by atoms with Crippen LogP contribution in [0, 0.1) is 18.7 Å². The number of nitrogens with one attached hydrogen (secondary N) is 1. The predicted octanol–water partition coefficient (Wildman–Crippen LogP) is 1.46. The number of likely N-dealkylation sites (N-methyl/N-ethyl adjacent to an activating group) is 1. The number of hydroxylamine groups is 1. The molecular formula is C23H31FN4O7S. The fourth-order valence-electron chi connectivity index (χ4n) is 2.21. The van der Waals surface area contributed by atoms with Crippen molar-refractivity contribution in [3.05, 3.63) is 48.4 Å².